The molecule has 16 heavy (non-hydrogen) atoms. The number of nitrogens with one attached hydrogen (secondary N) is 1. The fraction of sp³-hybridized carbons (Fsp3) is 1.00. The molecule has 0 aromatic carbocycles. The number of hydrogen-bond donors (Lipinski definition) is 2. The molecule has 0 aromatic heterocycles. The summed E-state index contributed by atoms with van der Waals surface area (Å²) in [6, 6.07) is 0. The topological polar surface area (TPSA) is 44.7 Å². The van der Waals surface area contributed by atoms with Crippen LogP contribution in [0, 0.1) is 5.92 Å². The third kappa shape index (κ3) is 5.25. The zero-order valence-corrected chi connectivity index (χ0v) is 10.8. The summed E-state index contributed by atoms with van der Waals surface area (Å²) < 4.78 is 5.40. The van der Waals surface area contributed by atoms with E-state index in [-0.39, 0.29) is 12.2 Å². The van der Waals surface area contributed by atoms with E-state index in [2.05, 4.69) is 10.2 Å². The fourth-order valence-corrected chi connectivity index (χ4v) is 2.19. The first kappa shape index (κ1) is 13.9. The average Bonchev–Trinajstić information content (AvgIpc) is 2.63. The zero-order chi connectivity index (χ0) is 12.0. The molecule has 0 amide bonds. The molecule has 1 aliphatic heterocycles. The monoisotopic (exact) mass is 230 g/mol. The third-order valence-electron chi connectivity index (χ3n) is 2.95. The standard InChI is InChI=1S/C12H26N2O2/c1-10(2)16-9-12(15)8-14-5-4-11(7-14)6-13-3/h10-13,15H,4-9H2,1-3H3. The van der Waals surface area contributed by atoms with Crippen molar-refractivity contribution in [1.29, 1.82) is 0 Å². The molecule has 1 saturated heterocycles. The summed E-state index contributed by atoms with van der Waals surface area (Å²) in [6.07, 6.45) is 1.08. The van der Waals surface area contributed by atoms with E-state index >= 15 is 0 Å². The van der Waals surface area contributed by atoms with Crippen molar-refractivity contribution in [1.82, 2.24) is 10.2 Å². The van der Waals surface area contributed by atoms with Crippen molar-refractivity contribution >= 4 is 0 Å². The lowest BCUT2D eigenvalue weighted by Gasteiger charge is -2.20. The van der Waals surface area contributed by atoms with Crippen molar-refractivity contribution in [2.24, 2.45) is 5.92 Å². The Labute approximate surface area is 99.0 Å². The number of rotatable bonds is 7. The van der Waals surface area contributed by atoms with Gasteiger partial charge in [-0.25, -0.2) is 0 Å². The smallest absolute Gasteiger partial charge is 0.0900 e. The van der Waals surface area contributed by atoms with E-state index in [0.717, 1.165) is 32.1 Å². The van der Waals surface area contributed by atoms with Gasteiger partial charge in [-0.2, -0.15) is 0 Å². The third-order valence-corrected chi connectivity index (χ3v) is 2.95. The molecule has 0 radical (unpaired) electrons. The quantitative estimate of drug-likeness (QED) is 0.661. The van der Waals surface area contributed by atoms with Gasteiger partial charge in [0, 0.05) is 13.1 Å². The summed E-state index contributed by atoms with van der Waals surface area (Å²) in [5, 5.41) is 13.0. The lowest BCUT2D eigenvalue weighted by molar-refractivity contribution is -0.00616. The van der Waals surface area contributed by atoms with Crippen molar-refractivity contribution in [2.45, 2.75) is 32.5 Å². The number of hydrogen-bond acceptors (Lipinski definition) is 4. The highest BCUT2D eigenvalue weighted by Gasteiger charge is 2.23. The van der Waals surface area contributed by atoms with E-state index in [1.165, 1.54) is 6.42 Å². The molecular formula is C12H26N2O2. The maximum atomic E-state index is 9.79. The number of β-amino-alcohol motifs (C(OH)–C–C–N with tert-alkyl or cyclic N) is 1. The molecule has 2 N–H and O–H groups in total. The predicted molar refractivity (Wildman–Crippen MR) is 65.6 cm³/mol. The number of aliphatic hydroxyl groups excluding tert-OH is 1. The molecule has 0 bridgehead atoms. The van der Waals surface area contributed by atoms with Crippen LogP contribution in [-0.2, 0) is 4.74 Å². The van der Waals surface area contributed by atoms with Crippen LogP contribution in [0.15, 0.2) is 0 Å². The number of aliphatic hydroxyl groups is 1. The van der Waals surface area contributed by atoms with Crippen LogP contribution < -0.4 is 5.32 Å². The van der Waals surface area contributed by atoms with Crippen LogP contribution in [-0.4, -0.2) is 62.0 Å². The maximum absolute atomic E-state index is 9.79. The van der Waals surface area contributed by atoms with Gasteiger partial charge in [0.25, 0.3) is 0 Å². The number of nitrogens with zero attached hydrogens (tertiary/aromatic N) is 1. The largest absolute Gasteiger partial charge is 0.389 e. The van der Waals surface area contributed by atoms with Crippen LogP contribution in [0.3, 0.4) is 0 Å². The summed E-state index contributed by atoms with van der Waals surface area (Å²) >= 11 is 0. The minimum absolute atomic E-state index is 0.199. The van der Waals surface area contributed by atoms with Crippen molar-refractivity contribution in [3.8, 4) is 0 Å². The molecule has 1 rings (SSSR count). The predicted octanol–water partition coefficient (Wildman–Crippen LogP) is 0.314. The Morgan fingerprint density at radius 2 is 2.25 bits per heavy atom. The Kier molecular flexibility index (Phi) is 6.28. The Bertz CT molecular complexity index is 188. The van der Waals surface area contributed by atoms with Crippen LogP contribution in [0.1, 0.15) is 20.3 Å². The molecule has 0 spiro atoms. The Hall–Kier alpha value is -0.160. The van der Waals surface area contributed by atoms with Gasteiger partial charge in [-0.3, -0.25) is 0 Å². The molecule has 1 aliphatic rings. The van der Waals surface area contributed by atoms with E-state index in [1.807, 2.05) is 20.9 Å². The minimum Gasteiger partial charge on any atom is -0.389 e. The molecule has 96 valence electrons. The lowest BCUT2D eigenvalue weighted by atomic mass is 10.1. The highest BCUT2D eigenvalue weighted by molar-refractivity contribution is 4.78. The first-order chi connectivity index (χ1) is 7.61. The van der Waals surface area contributed by atoms with Gasteiger partial charge in [-0.1, -0.05) is 0 Å². The maximum Gasteiger partial charge on any atom is 0.0900 e. The number of ether oxygens (including phenoxy) is 1. The van der Waals surface area contributed by atoms with E-state index in [0.29, 0.717) is 6.61 Å². The van der Waals surface area contributed by atoms with Gasteiger partial charge in [-0.05, 0) is 46.3 Å². The second kappa shape index (κ2) is 7.22. The van der Waals surface area contributed by atoms with Gasteiger partial charge < -0.3 is 20.1 Å². The van der Waals surface area contributed by atoms with E-state index in [1.54, 1.807) is 0 Å². The Morgan fingerprint density at radius 3 is 2.88 bits per heavy atom. The molecule has 4 nitrogen and oxygen atoms in total. The van der Waals surface area contributed by atoms with Crippen LogP contribution in [0.4, 0.5) is 0 Å². The molecule has 0 aromatic rings. The number of likely N-dealkylation sites (tertiary alicyclic amines) is 1. The highest BCUT2D eigenvalue weighted by atomic mass is 16.5. The first-order valence-electron chi connectivity index (χ1n) is 6.28. The van der Waals surface area contributed by atoms with E-state index in [9.17, 15) is 5.11 Å². The van der Waals surface area contributed by atoms with Gasteiger partial charge >= 0.3 is 0 Å². The molecule has 4 heteroatoms. The van der Waals surface area contributed by atoms with Crippen LogP contribution >= 0.6 is 0 Å². The van der Waals surface area contributed by atoms with Gasteiger partial charge in [0.05, 0.1) is 18.8 Å². The fourth-order valence-electron chi connectivity index (χ4n) is 2.19. The van der Waals surface area contributed by atoms with Crippen molar-refractivity contribution in [3.63, 3.8) is 0 Å². The van der Waals surface area contributed by atoms with Gasteiger partial charge in [-0.15, -0.1) is 0 Å². The van der Waals surface area contributed by atoms with Crippen LogP contribution in [0.5, 0.6) is 0 Å². The lowest BCUT2D eigenvalue weighted by Crippen LogP contribution is -2.34. The van der Waals surface area contributed by atoms with Gasteiger partial charge in [0.1, 0.15) is 0 Å². The molecule has 0 saturated carbocycles. The van der Waals surface area contributed by atoms with Crippen molar-refractivity contribution in [2.75, 3.05) is 39.8 Å². The van der Waals surface area contributed by atoms with Crippen molar-refractivity contribution in [3.05, 3.63) is 0 Å². The highest BCUT2D eigenvalue weighted by Crippen LogP contribution is 2.15. The Morgan fingerprint density at radius 1 is 1.50 bits per heavy atom. The summed E-state index contributed by atoms with van der Waals surface area (Å²) in [5.74, 6) is 0.739. The molecule has 1 heterocycles. The molecule has 2 unspecified atom stereocenters. The second-order valence-corrected chi connectivity index (χ2v) is 5.01. The summed E-state index contributed by atoms with van der Waals surface area (Å²) in [6.45, 7) is 8.45. The Balaban J connectivity index is 2.13. The van der Waals surface area contributed by atoms with E-state index in [4.69, 9.17) is 4.74 Å². The SMILES string of the molecule is CNCC1CCN(CC(O)COC(C)C)C1. The van der Waals surface area contributed by atoms with Crippen LogP contribution in [0.25, 0.3) is 0 Å². The first-order valence-corrected chi connectivity index (χ1v) is 6.28. The summed E-state index contributed by atoms with van der Waals surface area (Å²) in [7, 11) is 1.99. The minimum atomic E-state index is -0.351. The molecule has 2 atom stereocenters. The van der Waals surface area contributed by atoms with E-state index < -0.39 is 0 Å². The van der Waals surface area contributed by atoms with Gasteiger partial charge in [0.2, 0.25) is 0 Å². The average molecular weight is 230 g/mol. The van der Waals surface area contributed by atoms with Gasteiger partial charge in [0.15, 0.2) is 0 Å². The molecular weight excluding hydrogens is 204 g/mol. The van der Waals surface area contributed by atoms with Crippen molar-refractivity contribution < 1.29 is 9.84 Å². The second-order valence-electron chi connectivity index (χ2n) is 5.01. The zero-order valence-electron chi connectivity index (χ0n) is 10.8. The molecule has 1 fully saturated rings. The summed E-state index contributed by atoms with van der Waals surface area (Å²) in [4.78, 5) is 2.33. The van der Waals surface area contributed by atoms with Crippen LogP contribution in [0.2, 0.25) is 0 Å². The molecule has 0 aliphatic carbocycles. The normalized spacial score (nSPS) is 24.2. The summed E-state index contributed by atoms with van der Waals surface area (Å²) in [5.41, 5.74) is 0.